The van der Waals surface area contributed by atoms with Crippen molar-refractivity contribution in [1.82, 2.24) is 5.32 Å². The molecule has 0 fully saturated rings. The summed E-state index contributed by atoms with van der Waals surface area (Å²) in [7, 11) is 0. The Labute approximate surface area is 50.8 Å². The van der Waals surface area contributed by atoms with Crippen molar-refractivity contribution in [1.29, 1.82) is 5.26 Å². The number of nitrogens with one attached hydrogen (secondary N) is 1. The van der Waals surface area contributed by atoms with E-state index >= 15 is 0 Å². The van der Waals surface area contributed by atoms with Crippen molar-refractivity contribution in [2.75, 3.05) is 0 Å². The van der Waals surface area contributed by atoms with E-state index < -0.39 is 11.8 Å². The first kappa shape index (κ1) is 7.30. The Hall–Kier alpha value is -1.70. The summed E-state index contributed by atoms with van der Waals surface area (Å²) >= 11 is 0. The summed E-state index contributed by atoms with van der Waals surface area (Å²) in [6, 6.07) is 1.40. The average molecular weight is 128 g/mol. The smallest absolute Gasteiger partial charge is 0.409 e. The van der Waals surface area contributed by atoms with E-state index in [0.29, 0.717) is 6.26 Å². The maximum absolute atomic E-state index is 9.71. The topological polar surface area (TPSA) is 93.4 Å². The van der Waals surface area contributed by atoms with Crippen molar-refractivity contribution in [2.24, 2.45) is 0 Å². The largest absolute Gasteiger partial charge is 0.513 e. The zero-order valence-corrected chi connectivity index (χ0v) is 4.33. The van der Waals surface area contributed by atoms with Crippen LogP contribution >= 0.6 is 0 Å². The SMILES string of the molecule is N#C/C(=C\O)NC(=O)O. The van der Waals surface area contributed by atoms with Crippen molar-refractivity contribution in [2.45, 2.75) is 0 Å². The maximum atomic E-state index is 9.71. The number of allylic oxidation sites excluding steroid dienone is 1. The summed E-state index contributed by atoms with van der Waals surface area (Å²) in [5.41, 5.74) is -0.400. The van der Waals surface area contributed by atoms with E-state index in [4.69, 9.17) is 15.5 Å². The molecule has 5 heteroatoms. The molecule has 5 nitrogen and oxygen atoms in total. The fourth-order valence-electron chi connectivity index (χ4n) is 0.204. The van der Waals surface area contributed by atoms with Crippen molar-refractivity contribution >= 4 is 6.09 Å². The van der Waals surface area contributed by atoms with E-state index in [1.54, 1.807) is 5.32 Å². The molecule has 0 heterocycles. The Bertz CT molecular complexity index is 179. The van der Waals surface area contributed by atoms with Gasteiger partial charge in [0.2, 0.25) is 0 Å². The first-order valence-electron chi connectivity index (χ1n) is 1.95. The molecule has 0 spiro atoms. The van der Waals surface area contributed by atoms with Gasteiger partial charge in [0, 0.05) is 0 Å². The molecular weight excluding hydrogens is 124 g/mol. The highest BCUT2D eigenvalue weighted by atomic mass is 16.4. The molecule has 0 unspecified atom stereocenters. The summed E-state index contributed by atoms with van der Waals surface area (Å²) in [6.07, 6.45) is -0.995. The second-order valence-corrected chi connectivity index (χ2v) is 1.08. The van der Waals surface area contributed by atoms with Gasteiger partial charge in [-0.25, -0.2) is 4.79 Å². The van der Waals surface area contributed by atoms with E-state index in [1.165, 1.54) is 6.07 Å². The Kier molecular flexibility index (Phi) is 2.69. The number of nitriles is 1. The molecule has 0 saturated carbocycles. The minimum atomic E-state index is -1.38. The van der Waals surface area contributed by atoms with Gasteiger partial charge in [-0.15, -0.1) is 0 Å². The minimum absolute atomic E-state index is 0.383. The van der Waals surface area contributed by atoms with Crippen LogP contribution in [0.1, 0.15) is 0 Å². The summed E-state index contributed by atoms with van der Waals surface area (Å²) in [5.74, 6) is 0. The molecule has 0 aromatic heterocycles. The standard InChI is InChI=1S/C4H4N2O3/c5-1-3(2-7)6-4(8)9/h2,6-7H,(H,8,9)/b3-2+. The number of rotatable bonds is 1. The predicted molar refractivity (Wildman–Crippen MR) is 27.5 cm³/mol. The summed E-state index contributed by atoms with van der Waals surface area (Å²) in [5, 5.41) is 25.6. The van der Waals surface area contributed by atoms with Gasteiger partial charge in [-0.3, -0.25) is 5.32 Å². The Morgan fingerprint density at radius 3 is 2.44 bits per heavy atom. The average Bonchev–Trinajstić information content (AvgIpc) is 1.82. The molecule has 0 aliphatic carbocycles. The summed E-state index contributed by atoms with van der Waals surface area (Å²) in [6.45, 7) is 0. The maximum Gasteiger partial charge on any atom is 0.409 e. The van der Waals surface area contributed by atoms with Crippen molar-refractivity contribution in [3.63, 3.8) is 0 Å². The van der Waals surface area contributed by atoms with Crippen LogP contribution in [0.15, 0.2) is 12.0 Å². The van der Waals surface area contributed by atoms with E-state index in [0.717, 1.165) is 0 Å². The quantitative estimate of drug-likeness (QED) is 0.346. The van der Waals surface area contributed by atoms with Crippen LogP contribution in [0.2, 0.25) is 0 Å². The summed E-state index contributed by atoms with van der Waals surface area (Å²) < 4.78 is 0. The molecule has 48 valence electrons. The highest BCUT2D eigenvalue weighted by Crippen LogP contribution is 1.80. The fraction of sp³-hybridized carbons (Fsp3) is 0. The molecule has 0 aliphatic heterocycles. The molecule has 0 bridgehead atoms. The van der Waals surface area contributed by atoms with Gasteiger partial charge in [0.15, 0.2) is 5.70 Å². The number of aliphatic hydroxyl groups is 1. The second-order valence-electron chi connectivity index (χ2n) is 1.08. The third-order valence-electron chi connectivity index (χ3n) is 0.491. The third-order valence-corrected chi connectivity index (χ3v) is 0.491. The van der Waals surface area contributed by atoms with Crippen LogP contribution in [-0.4, -0.2) is 16.3 Å². The van der Waals surface area contributed by atoms with Crippen molar-refractivity contribution < 1.29 is 15.0 Å². The Morgan fingerprint density at radius 2 is 2.33 bits per heavy atom. The van der Waals surface area contributed by atoms with Crippen LogP contribution in [0.3, 0.4) is 0 Å². The number of nitrogens with zero attached hydrogens (tertiary/aromatic N) is 1. The van der Waals surface area contributed by atoms with Crippen LogP contribution in [0.4, 0.5) is 4.79 Å². The molecule has 3 N–H and O–H groups in total. The lowest BCUT2D eigenvalue weighted by atomic mass is 10.5. The van der Waals surface area contributed by atoms with Gasteiger partial charge in [-0.05, 0) is 0 Å². The van der Waals surface area contributed by atoms with E-state index in [1.807, 2.05) is 0 Å². The zero-order valence-electron chi connectivity index (χ0n) is 4.33. The number of hydrogen-bond donors (Lipinski definition) is 3. The lowest BCUT2D eigenvalue weighted by Gasteiger charge is -1.91. The molecule has 0 rings (SSSR count). The first-order chi connectivity index (χ1) is 4.20. The Morgan fingerprint density at radius 1 is 1.78 bits per heavy atom. The molecule has 1 amide bonds. The van der Waals surface area contributed by atoms with Crippen LogP contribution in [-0.2, 0) is 0 Å². The molecule has 9 heavy (non-hydrogen) atoms. The van der Waals surface area contributed by atoms with Crippen molar-refractivity contribution in [3.8, 4) is 6.07 Å². The number of carbonyl (C=O) groups is 1. The van der Waals surface area contributed by atoms with E-state index in [2.05, 4.69) is 0 Å². The van der Waals surface area contributed by atoms with Crippen LogP contribution in [0.25, 0.3) is 0 Å². The van der Waals surface area contributed by atoms with Gasteiger partial charge in [0.25, 0.3) is 0 Å². The minimum Gasteiger partial charge on any atom is -0.513 e. The van der Waals surface area contributed by atoms with Crippen LogP contribution in [0, 0.1) is 11.3 Å². The summed E-state index contributed by atoms with van der Waals surface area (Å²) in [4.78, 5) is 9.71. The number of carboxylic acid groups (broad SMARTS) is 1. The number of amides is 1. The van der Waals surface area contributed by atoms with Crippen LogP contribution < -0.4 is 5.32 Å². The monoisotopic (exact) mass is 128 g/mol. The molecule has 0 aromatic rings. The fourth-order valence-corrected chi connectivity index (χ4v) is 0.204. The van der Waals surface area contributed by atoms with Gasteiger partial charge < -0.3 is 10.2 Å². The van der Waals surface area contributed by atoms with Crippen molar-refractivity contribution in [3.05, 3.63) is 12.0 Å². The Balaban J connectivity index is 3.91. The zero-order chi connectivity index (χ0) is 7.28. The highest BCUT2D eigenvalue weighted by Gasteiger charge is 1.97. The first-order valence-corrected chi connectivity index (χ1v) is 1.95. The molecule has 0 atom stereocenters. The molecule has 0 aliphatic rings. The molecule has 0 aromatic carbocycles. The van der Waals surface area contributed by atoms with Gasteiger partial charge in [-0.2, -0.15) is 5.26 Å². The molecule has 0 radical (unpaired) electrons. The molecule has 0 saturated heterocycles. The van der Waals surface area contributed by atoms with E-state index in [-0.39, 0.29) is 0 Å². The third kappa shape index (κ3) is 2.93. The number of aliphatic hydroxyl groups excluding tert-OH is 1. The van der Waals surface area contributed by atoms with Gasteiger partial charge >= 0.3 is 6.09 Å². The lowest BCUT2D eigenvalue weighted by Crippen LogP contribution is -2.18. The molecular formula is C4H4N2O3. The second kappa shape index (κ2) is 3.32. The number of hydrogen-bond acceptors (Lipinski definition) is 3. The van der Waals surface area contributed by atoms with Gasteiger partial charge in [0.1, 0.15) is 12.3 Å². The normalized spacial score (nSPS) is 9.89. The lowest BCUT2D eigenvalue weighted by molar-refractivity contribution is 0.197. The highest BCUT2D eigenvalue weighted by molar-refractivity contribution is 5.67. The van der Waals surface area contributed by atoms with Crippen LogP contribution in [0.5, 0.6) is 0 Å². The van der Waals surface area contributed by atoms with Gasteiger partial charge in [-0.1, -0.05) is 0 Å². The predicted octanol–water partition coefficient (Wildman–Crippen LogP) is 0.177. The van der Waals surface area contributed by atoms with Gasteiger partial charge in [0.05, 0.1) is 0 Å². The van der Waals surface area contributed by atoms with E-state index in [9.17, 15) is 4.79 Å².